The summed E-state index contributed by atoms with van der Waals surface area (Å²) in [5, 5.41) is 14.7. The van der Waals surface area contributed by atoms with E-state index in [2.05, 4.69) is 44.0 Å². The summed E-state index contributed by atoms with van der Waals surface area (Å²) in [6.45, 7) is 1.33. The summed E-state index contributed by atoms with van der Waals surface area (Å²) in [7, 11) is 0. The molecule has 0 aliphatic rings. The molecule has 158 valence electrons. The summed E-state index contributed by atoms with van der Waals surface area (Å²) in [6, 6.07) is 21.4. The quantitative estimate of drug-likeness (QED) is 0.415. The van der Waals surface area contributed by atoms with Gasteiger partial charge in [-0.1, -0.05) is 42.5 Å². The molecular formula is C24H21N7O. The van der Waals surface area contributed by atoms with Crippen LogP contribution in [-0.4, -0.2) is 30.3 Å². The highest BCUT2D eigenvalue weighted by atomic mass is 16.1. The molecule has 0 atom stereocenters. The number of rotatable bonds is 7. The Balaban J connectivity index is 1.30. The molecule has 2 aromatic carbocycles. The Kier molecular flexibility index (Phi) is 5.32. The molecule has 0 saturated heterocycles. The van der Waals surface area contributed by atoms with Crippen LogP contribution >= 0.6 is 0 Å². The molecule has 3 heterocycles. The van der Waals surface area contributed by atoms with Gasteiger partial charge in [0.15, 0.2) is 5.65 Å². The fourth-order valence-corrected chi connectivity index (χ4v) is 3.46. The van der Waals surface area contributed by atoms with E-state index in [1.165, 1.54) is 11.8 Å². The molecule has 5 aromatic rings. The van der Waals surface area contributed by atoms with Gasteiger partial charge in [0, 0.05) is 30.8 Å². The van der Waals surface area contributed by atoms with Crippen LogP contribution in [0.4, 0.5) is 11.5 Å². The number of carbonyl (C=O) groups is 1. The Morgan fingerprint density at radius 3 is 2.62 bits per heavy atom. The van der Waals surface area contributed by atoms with E-state index < -0.39 is 0 Å². The predicted molar refractivity (Wildman–Crippen MR) is 122 cm³/mol. The molecule has 8 nitrogen and oxygen atoms in total. The normalized spacial score (nSPS) is 10.9. The van der Waals surface area contributed by atoms with Gasteiger partial charge in [0.05, 0.1) is 12.7 Å². The van der Waals surface area contributed by atoms with Gasteiger partial charge < -0.3 is 10.6 Å². The zero-order chi connectivity index (χ0) is 21.8. The van der Waals surface area contributed by atoms with E-state index in [0.717, 1.165) is 17.8 Å². The predicted octanol–water partition coefficient (Wildman–Crippen LogP) is 3.84. The van der Waals surface area contributed by atoms with Crippen LogP contribution in [0.25, 0.3) is 5.65 Å². The highest BCUT2D eigenvalue weighted by Crippen LogP contribution is 2.15. The molecule has 0 bridgehead atoms. The first-order chi connectivity index (χ1) is 15.7. The molecule has 0 radical (unpaired) electrons. The summed E-state index contributed by atoms with van der Waals surface area (Å²) < 4.78 is 3.49. The lowest BCUT2D eigenvalue weighted by Gasteiger charge is -2.09. The number of anilines is 2. The third-order valence-electron chi connectivity index (χ3n) is 5.01. The number of aromatic nitrogens is 5. The van der Waals surface area contributed by atoms with E-state index in [0.29, 0.717) is 23.6 Å². The molecule has 5 rings (SSSR count). The topological polar surface area (TPSA) is 89.1 Å². The van der Waals surface area contributed by atoms with Gasteiger partial charge in [-0.05, 0) is 35.4 Å². The third-order valence-corrected chi connectivity index (χ3v) is 5.01. The molecule has 0 aliphatic carbocycles. The van der Waals surface area contributed by atoms with Crippen LogP contribution in [0.1, 0.15) is 21.5 Å². The molecule has 0 unspecified atom stereocenters. The Morgan fingerprint density at radius 2 is 1.78 bits per heavy atom. The van der Waals surface area contributed by atoms with Crippen molar-refractivity contribution < 1.29 is 4.79 Å². The summed E-state index contributed by atoms with van der Waals surface area (Å²) in [6.07, 6.45) is 7.04. The number of nitrogens with one attached hydrogen (secondary N) is 2. The van der Waals surface area contributed by atoms with Crippen LogP contribution in [0.3, 0.4) is 0 Å². The SMILES string of the molecule is O=C(Nc1ccccc1)c1cnn2ccc(NCc3cccc(Cn4cccn4)c3)nc12. The fraction of sp³-hybridized carbons (Fsp3) is 0.0833. The molecule has 1 amide bonds. The molecule has 3 aromatic heterocycles. The second-order valence-electron chi connectivity index (χ2n) is 7.34. The van der Waals surface area contributed by atoms with Crippen LogP contribution in [0.2, 0.25) is 0 Å². The largest absolute Gasteiger partial charge is 0.366 e. The van der Waals surface area contributed by atoms with Crippen LogP contribution in [0.15, 0.2) is 91.5 Å². The zero-order valence-corrected chi connectivity index (χ0v) is 17.2. The minimum atomic E-state index is -0.248. The number of fused-ring (bicyclic) bond motifs is 1. The van der Waals surface area contributed by atoms with Crippen molar-refractivity contribution >= 4 is 23.1 Å². The maximum absolute atomic E-state index is 12.7. The van der Waals surface area contributed by atoms with E-state index in [9.17, 15) is 4.79 Å². The van der Waals surface area contributed by atoms with E-state index in [1.54, 1.807) is 16.9 Å². The monoisotopic (exact) mass is 423 g/mol. The van der Waals surface area contributed by atoms with Crippen LogP contribution in [0, 0.1) is 0 Å². The lowest BCUT2D eigenvalue weighted by atomic mass is 10.1. The molecule has 0 spiro atoms. The average Bonchev–Trinajstić information content (AvgIpc) is 3.48. The van der Waals surface area contributed by atoms with E-state index in [4.69, 9.17) is 0 Å². The number of para-hydroxylation sites is 1. The first-order valence-corrected chi connectivity index (χ1v) is 10.2. The standard InChI is InChI=1S/C24H21N7O/c32-24(28-20-8-2-1-3-9-20)21-16-27-31-13-10-22(29-23(21)31)25-15-18-6-4-7-19(14-18)17-30-12-5-11-26-30/h1-14,16H,15,17H2,(H,25,29)(H,28,32). The molecule has 32 heavy (non-hydrogen) atoms. The Hall–Kier alpha value is -4.46. The first-order valence-electron chi connectivity index (χ1n) is 10.2. The Morgan fingerprint density at radius 1 is 0.906 bits per heavy atom. The smallest absolute Gasteiger partial charge is 0.261 e. The summed E-state index contributed by atoms with van der Waals surface area (Å²) >= 11 is 0. The molecule has 2 N–H and O–H groups in total. The molecule has 0 saturated carbocycles. The summed E-state index contributed by atoms with van der Waals surface area (Å²) in [5.74, 6) is 0.423. The second kappa shape index (κ2) is 8.73. The molecular weight excluding hydrogens is 402 g/mol. The van der Waals surface area contributed by atoms with Gasteiger partial charge in [-0.3, -0.25) is 9.48 Å². The van der Waals surface area contributed by atoms with E-state index >= 15 is 0 Å². The summed E-state index contributed by atoms with van der Waals surface area (Å²) in [4.78, 5) is 17.3. The first kappa shape index (κ1) is 19.5. The zero-order valence-electron chi connectivity index (χ0n) is 17.2. The Bertz CT molecular complexity index is 1340. The number of amides is 1. The van der Waals surface area contributed by atoms with Crippen LogP contribution in [-0.2, 0) is 13.1 Å². The Labute approximate surface area is 184 Å². The van der Waals surface area contributed by atoms with Crippen molar-refractivity contribution in [3.05, 3.63) is 108 Å². The number of nitrogens with zero attached hydrogens (tertiary/aromatic N) is 5. The summed E-state index contributed by atoms with van der Waals surface area (Å²) in [5.41, 5.74) is 3.94. The number of hydrogen-bond donors (Lipinski definition) is 2. The van der Waals surface area contributed by atoms with Gasteiger partial charge in [-0.25, -0.2) is 9.50 Å². The van der Waals surface area contributed by atoms with Gasteiger partial charge in [0.1, 0.15) is 11.4 Å². The molecule has 8 heteroatoms. The van der Waals surface area contributed by atoms with E-state index in [-0.39, 0.29) is 5.91 Å². The van der Waals surface area contributed by atoms with Gasteiger partial charge in [0.2, 0.25) is 0 Å². The van der Waals surface area contributed by atoms with Crippen molar-refractivity contribution in [3.8, 4) is 0 Å². The number of carbonyl (C=O) groups excluding carboxylic acids is 1. The highest BCUT2D eigenvalue weighted by Gasteiger charge is 2.15. The third kappa shape index (κ3) is 4.34. The lowest BCUT2D eigenvalue weighted by molar-refractivity contribution is 0.102. The lowest BCUT2D eigenvalue weighted by Crippen LogP contribution is -2.12. The molecule has 0 fully saturated rings. The van der Waals surface area contributed by atoms with Gasteiger partial charge in [-0.2, -0.15) is 10.2 Å². The van der Waals surface area contributed by atoms with Gasteiger partial charge in [0.25, 0.3) is 5.91 Å². The van der Waals surface area contributed by atoms with Gasteiger partial charge in [-0.15, -0.1) is 0 Å². The van der Waals surface area contributed by atoms with Crippen molar-refractivity contribution in [1.29, 1.82) is 0 Å². The van der Waals surface area contributed by atoms with Gasteiger partial charge >= 0.3 is 0 Å². The van der Waals surface area contributed by atoms with Crippen molar-refractivity contribution in [2.24, 2.45) is 0 Å². The van der Waals surface area contributed by atoms with Crippen molar-refractivity contribution in [2.75, 3.05) is 10.6 Å². The minimum Gasteiger partial charge on any atom is -0.366 e. The maximum atomic E-state index is 12.7. The van der Waals surface area contributed by atoms with Crippen LogP contribution < -0.4 is 10.6 Å². The highest BCUT2D eigenvalue weighted by molar-refractivity contribution is 6.08. The fourth-order valence-electron chi connectivity index (χ4n) is 3.46. The molecule has 0 aliphatic heterocycles. The van der Waals surface area contributed by atoms with Crippen molar-refractivity contribution in [3.63, 3.8) is 0 Å². The van der Waals surface area contributed by atoms with E-state index in [1.807, 2.05) is 59.4 Å². The second-order valence-corrected chi connectivity index (χ2v) is 7.34. The minimum absolute atomic E-state index is 0.248. The van der Waals surface area contributed by atoms with Crippen molar-refractivity contribution in [2.45, 2.75) is 13.1 Å². The van der Waals surface area contributed by atoms with Crippen LogP contribution in [0.5, 0.6) is 0 Å². The average molecular weight is 423 g/mol. The number of hydrogen-bond acceptors (Lipinski definition) is 5. The number of benzene rings is 2. The van der Waals surface area contributed by atoms with Crippen molar-refractivity contribution in [1.82, 2.24) is 24.4 Å². The maximum Gasteiger partial charge on any atom is 0.261 e.